The van der Waals surface area contributed by atoms with Crippen LogP contribution in [0.25, 0.3) is 0 Å². The molecule has 4 aromatic carbocycles. The van der Waals surface area contributed by atoms with Crippen molar-refractivity contribution >= 4 is 94.9 Å². The maximum Gasteiger partial charge on any atom is 0.294 e. The molecule has 35 heteroatoms. The van der Waals surface area contributed by atoms with Crippen molar-refractivity contribution < 1.29 is 106 Å². The second kappa shape index (κ2) is 33.7. The third kappa shape index (κ3) is 21.4. The van der Waals surface area contributed by atoms with E-state index in [1.807, 2.05) is 73.6 Å². The number of hydrogen-bond donors (Lipinski definition) is 7. The largest absolute Gasteiger partial charge is 0.748 e. The molecule has 0 unspecified atom stereocenters. The molecule has 2 heterocycles. The van der Waals surface area contributed by atoms with Gasteiger partial charge < -0.3 is 34.9 Å². The van der Waals surface area contributed by atoms with Crippen LogP contribution in [0.1, 0.15) is 147 Å². The summed E-state index contributed by atoms with van der Waals surface area (Å²) in [5.74, 6) is -8.92. The van der Waals surface area contributed by atoms with Crippen LogP contribution in [-0.4, -0.2) is 154 Å². The van der Waals surface area contributed by atoms with E-state index in [0.717, 1.165) is 36.0 Å². The first-order valence-corrected chi connectivity index (χ1v) is 42.8. The van der Waals surface area contributed by atoms with Gasteiger partial charge in [-0.15, -0.1) is 0 Å². The van der Waals surface area contributed by atoms with Crippen LogP contribution in [0.3, 0.4) is 0 Å². The molecule has 2 amide bonds. The number of nitrogens with zero attached hydrogens (tertiary/aromatic N) is 2. The molecule has 0 spiro atoms. The number of ether oxygens (including phenoxy) is 2. The van der Waals surface area contributed by atoms with Gasteiger partial charge in [0.05, 0.1) is 55.7 Å². The van der Waals surface area contributed by atoms with E-state index in [-0.39, 0.29) is 80.8 Å². The van der Waals surface area contributed by atoms with Crippen molar-refractivity contribution in [3.63, 3.8) is 0 Å². The van der Waals surface area contributed by atoms with Crippen molar-refractivity contribution in [2.45, 2.75) is 173 Å². The Bertz CT molecular complexity index is 4770. The highest BCUT2D eigenvalue weighted by Crippen LogP contribution is 2.49. The van der Waals surface area contributed by atoms with Crippen LogP contribution in [0.15, 0.2) is 127 Å². The SMILES string of the molecule is CC1(C)C(/C=C/C2=C(Oc3ccc(CCNC(=O)CCOCCNC(=O)CCS(=O)(=O)c4c(F)c(F)c(S(N)(=O)=O)c(F)c4NC4CCCCCCC4)cc3)C(=C/C=C3/N(CCCCS(=O)(=O)[O-])c4ccc(S(=O)(=O)O)cc4C3(C)C)/CCC2)=[N+](CCCCS(=O)(=O)O)c2ccc(S(=O)(=O)O)cc21. The van der Waals surface area contributed by atoms with Crippen LogP contribution in [0.2, 0.25) is 0 Å². The fraction of sp³-hybridized carbons (Fsp3) is 0.485. The van der Waals surface area contributed by atoms with Crippen molar-refractivity contribution in [2.75, 3.05) is 66.9 Å². The van der Waals surface area contributed by atoms with Gasteiger partial charge in [0.25, 0.3) is 30.4 Å². The van der Waals surface area contributed by atoms with Crippen molar-refractivity contribution in [1.82, 2.24) is 10.6 Å². The predicted molar refractivity (Wildman–Crippen MR) is 378 cm³/mol. The van der Waals surface area contributed by atoms with Gasteiger partial charge in [0.15, 0.2) is 37.9 Å². The van der Waals surface area contributed by atoms with Gasteiger partial charge >= 0.3 is 0 Å². The van der Waals surface area contributed by atoms with Crippen molar-refractivity contribution in [3.05, 3.63) is 142 Å². The van der Waals surface area contributed by atoms with E-state index >= 15 is 13.2 Å². The summed E-state index contributed by atoms with van der Waals surface area (Å²) >= 11 is 0. The van der Waals surface area contributed by atoms with Crippen LogP contribution in [0.4, 0.5) is 30.2 Å². The number of benzene rings is 4. The van der Waals surface area contributed by atoms with Crippen LogP contribution in [-0.2, 0) is 91.9 Å². The number of carbonyl (C=O) groups excluding carboxylic acids is 2. The van der Waals surface area contributed by atoms with Crippen LogP contribution < -0.4 is 30.7 Å². The summed E-state index contributed by atoms with van der Waals surface area (Å²) in [6.45, 7) is 7.82. The fourth-order valence-corrected chi connectivity index (χ4v) is 17.6. The standard InChI is InChI=1S/C68H87F3N6O20S6/c1-67(2)52-43-50(102(90,91)92)25-27-54(52)76(36-10-12-40-99(82,83)84)56(67)29-21-46-15-14-16-47(22-30-57-68(3,4)53-44-51(103(93,94)95)26-28-55(53)77(57)37-11-13-41-100(85,86)87)64(46)97-49-23-19-45(20-24-49)31-34-73-58(78)32-38-96-39-35-74-59(79)33-42-98(80,81)66-61(70)60(69)65(101(72,88)89)62(71)63(66)75-48-17-8-6-5-7-9-18-48/h19-30,43-44,48,75H,5-18,31-42H2,1-4H3,(H7-,72,73,74,78,79,82,83,84,85,86,87,88,89,90,91,92,93,94,95). The van der Waals surface area contributed by atoms with Crippen LogP contribution >= 0.6 is 0 Å². The molecule has 566 valence electrons. The Kier molecular flexibility index (Phi) is 26.7. The Morgan fingerprint density at radius 2 is 1.28 bits per heavy atom. The third-order valence-corrected chi connectivity index (χ3v) is 24.5. The molecule has 0 aromatic heterocycles. The molecule has 4 aliphatic rings. The number of primary sulfonamides is 1. The van der Waals surface area contributed by atoms with E-state index in [0.29, 0.717) is 103 Å². The average Bonchev–Trinajstić information content (AvgIpc) is 1.70. The molecular formula is C68H87F3N6O20S6. The molecule has 4 aromatic rings. The summed E-state index contributed by atoms with van der Waals surface area (Å²) in [5, 5.41) is 12.9. The minimum atomic E-state index is -5.21. The first-order chi connectivity index (χ1) is 48.1. The highest BCUT2D eigenvalue weighted by Gasteiger charge is 2.46. The molecule has 1 fully saturated rings. The van der Waals surface area contributed by atoms with E-state index in [9.17, 15) is 78.3 Å². The maximum atomic E-state index is 15.8. The normalized spacial score (nSPS) is 17.8. The molecule has 2 aliphatic carbocycles. The van der Waals surface area contributed by atoms with Crippen molar-refractivity contribution in [1.29, 1.82) is 0 Å². The monoisotopic (exact) mass is 1560 g/mol. The molecule has 8 N–H and O–H groups in total. The lowest BCUT2D eigenvalue weighted by atomic mass is 9.81. The minimum Gasteiger partial charge on any atom is -0.748 e. The van der Waals surface area contributed by atoms with Gasteiger partial charge in [-0.3, -0.25) is 23.2 Å². The Labute approximate surface area is 600 Å². The molecule has 1 saturated carbocycles. The van der Waals surface area contributed by atoms with E-state index in [1.165, 1.54) is 24.3 Å². The quantitative estimate of drug-likeness (QED) is 0.0101. The lowest BCUT2D eigenvalue weighted by Crippen LogP contribution is -2.30. The summed E-state index contributed by atoms with van der Waals surface area (Å²) in [6.07, 6.45) is 14.0. The number of anilines is 2. The number of sulfone groups is 1. The lowest BCUT2D eigenvalue weighted by molar-refractivity contribution is -0.438. The molecule has 0 atom stereocenters. The number of sulfonamides is 1. The summed E-state index contributed by atoms with van der Waals surface area (Å²) in [4.78, 5) is 23.6. The Morgan fingerprint density at radius 1 is 0.670 bits per heavy atom. The van der Waals surface area contributed by atoms with Crippen molar-refractivity contribution in [3.8, 4) is 5.75 Å². The zero-order valence-electron chi connectivity index (χ0n) is 57.4. The number of unbranched alkanes of at least 4 members (excludes halogenated alkanes) is 2. The van der Waals surface area contributed by atoms with Gasteiger partial charge in [0.1, 0.15) is 22.9 Å². The average molecular weight is 1560 g/mol. The fourth-order valence-electron chi connectivity index (χ4n) is 13.2. The topological polar surface area (TPSA) is 410 Å². The van der Waals surface area contributed by atoms with Gasteiger partial charge in [-0.05, 0) is 149 Å². The predicted octanol–water partition coefficient (Wildman–Crippen LogP) is 8.87. The van der Waals surface area contributed by atoms with Crippen LogP contribution in [0, 0.1) is 17.5 Å². The molecule has 8 rings (SSSR count). The Morgan fingerprint density at radius 3 is 1.92 bits per heavy atom. The third-order valence-electron chi connectivity index (χ3n) is 18.5. The van der Waals surface area contributed by atoms with E-state index < -0.39 is 140 Å². The maximum absolute atomic E-state index is 15.8. The Hall–Kier alpha value is -6.90. The van der Waals surface area contributed by atoms with Gasteiger partial charge in [0, 0.05) is 85.2 Å². The number of allylic oxidation sites excluding steroid dienone is 7. The first kappa shape index (κ1) is 81.8. The highest BCUT2D eigenvalue weighted by molar-refractivity contribution is 7.91. The lowest BCUT2D eigenvalue weighted by Gasteiger charge is -2.27. The number of amides is 2. The van der Waals surface area contributed by atoms with Gasteiger partial charge in [0.2, 0.25) is 27.5 Å². The molecule has 0 bridgehead atoms. The van der Waals surface area contributed by atoms with E-state index in [2.05, 4.69) is 16.0 Å². The van der Waals surface area contributed by atoms with Gasteiger partial charge in [-0.1, -0.05) is 64.2 Å². The smallest absolute Gasteiger partial charge is 0.294 e. The first-order valence-electron chi connectivity index (χ1n) is 33.6. The molecule has 0 saturated heterocycles. The molecule has 2 aliphatic heterocycles. The van der Waals surface area contributed by atoms with E-state index in [4.69, 9.17) is 14.6 Å². The second-order valence-electron chi connectivity index (χ2n) is 26.8. The zero-order valence-corrected chi connectivity index (χ0v) is 62.3. The van der Waals surface area contributed by atoms with Crippen molar-refractivity contribution in [2.24, 2.45) is 5.14 Å². The summed E-state index contributed by atoms with van der Waals surface area (Å²) in [5.41, 5.74) is 3.02. The number of hydrogen-bond acceptors (Lipinski definition) is 19. The minimum absolute atomic E-state index is 0.0416. The zero-order chi connectivity index (χ0) is 75.7. The molecular weight excluding hydrogens is 1470 g/mol. The number of carbonyl (C=O) groups is 2. The van der Waals surface area contributed by atoms with Crippen LogP contribution in [0.5, 0.6) is 5.75 Å². The Balaban J connectivity index is 0.951. The summed E-state index contributed by atoms with van der Waals surface area (Å²) < 4.78 is 250. The number of fused-ring (bicyclic) bond motifs is 2. The number of halogens is 3. The van der Waals surface area contributed by atoms with Gasteiger partial charge in [-0.25, -0.2) is 43.6 Å². The molecule has 0 radical (unpaired) electrons. The second-order valence-corrected chi connectivity index (χ2v) is 36.3. The molecule has 26 nitrogen and oxygen atoms in total. The highest BCUT2D eigenvalue weighted by atomic mass is 32.2. The summed E-state index contributed by atoms with van der Waals surface area (Å²) in [7, 11) is -28.3. The number of rotatable bonds is 33. The van der Waals surface area contributed by atoms with E-state index in [1.54, 1.807) is 24.3 Å². The number of nitrogens with one attached hydrogen (secondary N) is 3. The summed E-state index contributed by atoms with van der Waals surface area (Å²) in [6, 6.07) is 14.9. The number of nitrogens with two attached hydrogens (primary N) is 1. The van der Waals surface area contributed by atoms with Gasteiger partial charge in [-0.2, -0.15) is 29.8 Å². The molecule has 103 heavy (non-hydrogen) atoms.